The Morgan fingerprint density at radius 3 is 2.51 bits per heavy atom. The molecule has 0 saturated carbocycles. The number of halogens is 4. The molecule has 0 aliphatic carbocycles. The molecule has 2 aromatic heterocycles. The lowest BCUT2D eigenvalue weighted by molar-refractivity contribution is -0.138. The molecule has 4 amide bonds. The summed E-state index contributed by atoms with van der Waals surface area (Å²) in [7, 11) is 0. The van der Waals surface area contributed by atoms with Crippen molar-refractivity contribution in [2.24, 2.45) is 0 Å². The van der Waals surface area contributed by atoms with E-state index < -0.39 is 29.6 Å². The van der Waals surface area contributed by atoms with Crippen molar-refractivity contribution < 1.29 is 32.3 Å². The molecule has 0 bridgehead atoms. The van der Waals surface area contributed by atoms with Crippen LogP contribution in [-0.2, 0) is 28.9 Å². The normalized spacial score (nSPS) is 18.9. The number of imidazole rings is 1. The average molecular weight is 923 g/mol. The van der Waals surface area contributed by atoms with E-state index in [1.54, 1.807) is 51.0 Å². The minimum absolute atomic E-state index is 0.0427. The fourth-order valence-corrected chi connectivity index (χ4v) is 9.65. The maximum Gasteiger partial charge on any atom is 0.418 e. The lowest BCUT2D eigenvalue weighted by Gasteiger charge is -2.43. The molecule has 324 valence electrons. The highest BCUT2D eigenvalue weighted by Gasteiger charge is 2.41. The van der Waals surface area contributed by atoms with Gasteiger partial charge in [-0.1, -0.05) is 34.0 Å². The van der Waals surface area contributed by atoms with Crippen LogP contribution < -0.4 is 15.5 Å². The van der Waals surface area contributed by atoms with Gasteiger partial charge in [-0.3, -0.25) is 34.3 Å². The fraction of sp³-hybridized carbons (Fsp3) is 0.348. The van der Waals surface area contributed by atoms with Crippen LogP contribution in [0.2, 0.25) is 0 Å². The number of alkyl halides is 3. The lowest BCUT2D eigenvalue weighted by Crippen LogP contribution is -2.53. The zero-order valence-electron chi connectivity index (χ0n) is 34.3. The van der Waals surface area contributed by atoms with Crippen molar-refractivity contribution in [1.29, 1.82) is 0 Å². The number of aryl methyl sites for hydroxylation is 1. The first-order valence-electron chi connectivity index (χ1n) is 20.9. The number of amides is 4. The number of carbonyl (C=O) groups is 4. The van der Waals surface area contributed by atoms with E-state index in [4.69, 9.17) is 0 Å². The van der Waals surface area contributed by atoms with E-state index >= 15 is 0 Å². The highest BCUT2D eigenvalue weighted by Crippen LogP contribution is 2.40. The summed E-state index contributed by atoms with van der Waals surface area (Å²) >= 11 is 3.75. The number of aromatic nitrogens is 3. The molecule has 4 aliphatic heterocycles. The van der Waals surface area contributed by atoms with Gasteiger partial charge in [0, 0.05) is 90.5 Å². The number of piperidine rings is 2. The number of imide groups is 1. The summed E-state index contributed by atoms with van der Waals surface area (Å²) in [6, 6.07) is 16.0. The summed E-state index contributed by atoms with van der Waals surface area (Å²) in [5.41, 5.74) is 4.70. The van der Waals surface area contributed by atoms with Crippen molar-refractivity contribution in [3.8, 4) is 11.8 Å². The molecule has 6 heterocycles. The van der Waals surface area contributed by atoms with Gasteiger partial charge in [-0.25, -0.2) is 9.50 Å². The molecule has 63 heavy (non-hydrogen) atoms. The van der Waals surface area contributed by atoms with Gasteiger partial charge in [0.1, 0.15) is 11.7 Å². The molecular weight excluding hydrogens is 879 g/mol. The van der Waals surface area contributed by atoms with Gasteiger partial charge in [-0.05, 0) is 110 Å². The Morgan fingerprint density at radius 1 is 0.952 bits per heavy atom. The van der Waals surface area contributed by atoms with Crippen molar-refractivity contribution >= 4 is 56.6 Å². The van der Waals surface area contributed by atoms with Crippen LogP contribution in [0, 0.1) is 18.8 Å². The Labute approximate surface area is 369 Å². The molecule has 0 spiro atoms. The molecule has 9 rings (SSSR count). The summed E-state index contributed by atoms with van der Waals surface area (Å²) < 4.78 is 46.3. The van der Waals surface area contributed by atoms with E-state index in [0.717, 1.165) is 53.2 Å². The molecule has 1 unspecified atom stereocenters. The number of hydrogen-bond acceptors (Lipinski definition) is 9. The van der Waals surface area contributed by atoms with Crippen molar-refractivity contribution in [2.45, 2.75) is 64.0 Å². The number of nitrogens with one attached hydrogen (secondary N) is 2. The minimum atomic E-state index is -4.64. The summed E-state index contributed by atoms with van der Waals surface area (Å²) in [5.74, 6) is 4.61. The summed E-state index contributed by atoms with van der Waals surface area (Å²) in [6.07, 6.45) is 0.944. The molecule has 3 aromatic carbocycles. The quantitative estimate of drug-likeness (QED) is 0.149. The molecule has 17 heteroatoms. The average Bonchev–Trinajstić information content (AvgIpc) is 3.85. The number of piperazine rings is 1. The zero-order valence-corrected chi connectivity index (χ0v) is 35.9. The molecule has 3 saturated heterocycles. The van der Waals surface area contributed by atoms with Gasteiger partial charge < -0.3 is 15.1 Å². The van der Waals surface area contributed by atoms with E-state index in [-0.39, 0.29) is 35.2 Å². The van der Waals surface area contributed by atoms with Gasteiger partial charge in [0.2, 0.25) is 11.8 Å². The van der Waals surface area contributed by atoms with Crippen molar-refractivity contribution in [3.05, 3.63) is 122 Å². The van der Waals surface area contributed by atoms with Crippen LogP contribution in [0.25, 0.3) is 5.65 Å². The molecule has 1 atom stereocenters. The molecular formula is C46H43BrF3N9O4. The molecule has 13 nitrogen and oxygen atoms in total. The van der Waals surface area contributed by atoms with Gasteiger partial charge >= 0.3 is 6.18 Å². The van der Waals surface area contributed by atoms with E-state index in [2.05, 4.69) is 58.3 Å². The number of fused-ring (bicyclic) bond motifs is 2. The summed E-state index contributed by atoms with van der Waals surface area (Å²) in [6.45, 7) is 6.65. The Hall–Kier alpha value is -6.09. The SMILES string of the molecule is Cc1ccc(C(=O)Nc2ccc(N3CCN(C4CCN(Cc5ccc6c(c5Br)CN(C5CCC(=O)NC5=O)C6=O)CC4)CC3)c(C(F)(F)F)c2)cc1C#Cc1cnc2cccnn12. The molecule has 4 aliphatic rings. The summed E-state index contributed by atoms with van der Waals surface area (Å²) in [5, 5.41) is 9.27. The zero-order chi connectivity index (χ0) is 44.0. The Morgan fingerprint density at radius 2 is 1.75 bits per heavy atom. The predicted molar refractivity (Wildman–Crippen MR) is 232 cm³/mol. The number of nitrogens with zero attached hydrogens (tertiary/aromatic N) is 7. The van der Waals surface area contributed by atoms with E-state index in [9.17, 15) is 32.3 Å². The molecule has 5 aromatic rings. The van der Waals surface area contributed by atoms with Crippen LogP contribution in [-0.4, -0.2) is 104 Å². The van der Waals surface area contributed by atoms with Gasteiger partial charge in [-0.2, -0.15) is 18.3 Å². The van der Waals surface area contributed by atoms with Crippen LogP contribution >= 0.6 is 15.9 Å². The molecule has 2 N–H and O–H groups in total. The van der Waals surface area contributed by atoms with Crippen LogP contribution in [0.5, 0.6) is 0 Å². The van der Waals surface area contributed by atoms with Crippen molar-refractivity contribution in [3.63, 3.8) is 0 Å². The third-order valence-electron chi connectivity index (χ3n) is 12.5. The number of hydrogen-bond donors (Lipinski definition) is 2. The van der Waals surface area contributed by atoms with E-state index in [1.165, 1.54) is 12.1 Å². The number of benzene rings is 3. The third kappa shape index (κ3) is 8.67. The highest BCUT2D eigenvalue weighted by atomic mass is 79.9. The van der Waals surface area contributed by atoms with Gasteiger partial charge in [-0.15, -0.1) is 0 Å². The maximum atomic E-state index is 14.6. The van der Waals surface area contributed by atoms with Crippen LogP contribution in [0.3, 0.4) is 0 Å². The van der Waals surface area contributed by atoms with Crippen LogP contribution in [0.1, 0.15) is 79.9 Å². The number of likely N-dealkylation sites (tertiary alicyclic amines) is 1. The first-order chi connectivity index (χ1) is 30.3. The largest absolute Gasteiger partial charge is 0.418 e. The highest BCUT2D eigenvalue weighted by molar-refractivity contribution is 9.10. The Kier molecular flexibility index (Phi) is 11.5. The third-order valence-corrected chi connectivity index (χ3v) is 13.5. The second-order valence-corrected chi connectivity index (χ2v) is 17.2. The minimum Gasteiger partial charge on any atom is -0.368 e. The monoisotopic (exact) mass is 921 g/mol. The predicted octanol–water partition coefficient (Wildman–Crippen LogP) is 6.02. The second kappa shape index (κ2) is 17.2. The van der Waals surface area contributed by atoms with E-state index in [1.807, 2.05) is 25.1 Å². The topological polar surface area (TPSA) is 135 Å². The first kappa shape index (κ1) is 42.2. The van der Waals surface area contributed by atoms with Crippen LogP contribution in [0.15, 0.2) is 77.5 Å². The van der Waals surface area contributed by atoms with Gasteiger partial charge in [0.15, 0.2) is 5.65 Å². The van der Waals surface area contributed by atoms with Crippen molar-refractivity contribution in [2.75, 3.05) is 49.5 Å². The van der Waals surface area contributed by atoms with E-state index in [0.29, 0.717) is 74.2 Å². The number of anilines is 2. The van der Waals surface area contributed by atoms with Gasteiger partial charge in [0.25, 0.3) is 11.8 Å². The smallest absolute Gasteiger partial charge is 0.368 e. The summed E-state index contributed by atoms with van der Waals surface area (Å²) in [4.78, 5) is 63.2. The maximum absolute atomic E-state index is 14.6. The Bertz CT molecular complexity index is 2710. The van der Waals surface area contributed by atoms with Crippen molar-refractivity contribution in [1.82, 2.24) is 34.6 Å². The molecule has 0 radical (unpaired) electrons. The van der Waals surface area contributed by atoms with Gasteiger partial charge in [0.05, 0.1) is 11.8 Å². The second-order valence-electron chi connectivity index (χ2n) is 16.4. The standard InChI is InChI=1S/C46H43BrF3N9O4/c1-28-4-5-30(23-29(28)6-9-34-25-51-40-3-2-16-52-59(34)40)43(61)53-32-8-11-38(37(24-32)46(48,49)50)57-21-19-56(20-22-57)33-14-17-55(18-15-33)26-31-7-10-35-36(42(31)47)27-58(45(35)63)39-12-13-41(60)54-44(39)62/h2-5,7-8,10-11,16,23-25,33,39H,12-15,17-22,26-27H2,1H3,(H,53,61)(H,54,60,62). The Balaban J connectivity index is 0.793. The number of carbonyl (C=O) groups excluding carboxylic acids is 4. The number of rotatable bonds is 7. The first-order valence-corrected chi connectivity index (χ1v) is 21.7. The lowest BCUT2D eigenvalue weighted by atomic mass is 10.0. The van der Waals surface area contributed by atoms with Crippen LogP contribution in [0.4, 0.5) is 24.5 Å². The fourth-order valence-electron chi connectivity index (χ4n) is 9.05. The molecule has 3 fully saturated rings.